The van der Waals surface area contributed by atoms with E-state index in [1.807, 2.05) is 30.3 Å². The van der Waals surface area contributed by atoms with Crippen molar-refractivity contribution in [1.29, 1.82) is 0 Å². The molecule has 3 rings (SSSR count). The molecule has 0 aliphatic rings. The van der Waals surface area contributed by atoms with Crippen molar-refractivity contribution in [2.24, 2.45) is 0 Å². The van der Waals surface area contributed by atoms with Crippen LogP contribution in [0, 0.1) is 0 Å². The van der Waals surface area contributed by atoms with Gasteiger partial charge in [0.1, 0.15) is 18.6 Å². The monoisotopic (exact) mass is 361 g/mol. The Morgan fingerprint density at radius 1 is 1.08 bits per heavy atom. The summed E-state index contributed by atoms with van der Waals surface area (Å²) in [6, 6.07) is 14.5. The van der Waals surface area contributed by atoms with E-state index in [0.29, 0.717) is 21.6 Å². The van der Waals surface area contributed by atoms with Crippen LogP contribution in [-0.4, -0.2) is 11.0 Å². The van der Waals surface area contributed by atoms with Crippen LogP contribution in [0.1, 0.15) is 11.3 Å². The number of hydrogen-bond donors (Lipinski definition) is 0. The number of ether oxygens (including phenoxy) is 1. The molecule has 2 aromatic carbocycles. The maximum atomic E-state index is 11.9. The Bertz CT molecular complexity index is 846. The molecule has 0 amide bonds. The Hall–Kier alpha value is -2.30. The van der Waals surface area contributed by atoms with Gasteiger partial charge in [0.25, 0.3) is 0 Å². The van der Waals surface area contributed by atoms with Gasteiger partial charge in [0.2, 0.25) is 5.89 Å². The van der Waals surface area contributed by atoms with Crippen molar-refractivity contribution in [3.63, 3.8) is 0 Å². The van der Waals surface area contributed by atoms with E-state index in [-0.39, 0.29) is 19.0 Å². The molecule has 0 radical (unpaired) electrons. The molecule has 0 spiro atoms. The largest absolute Gasteiger partial charge is 0.459 e. The molecule has 6 heteroatoms. The van der Waals surface area contributed by atoms with Crippen LogP contribution in [0.3, 0.4) is 0 Å². The smallest absolute Gasteiger partial charge is 0.310 e. The van der Waals surface area contributed by atoms with E-state index in [4.69, 9.17) is 32.4 Å². The van der Waals surface area contributed by atoms with Crippen molar-refractivity contribution in [3.05, 3.63) is 76.1 Å². The van der Waals surface area contributed by atoms with Gasteiger partial charge in [-0.3, -0.25) is 4.79 Å². The Labute approximate surface area is 149 Å². The van der Waals surface area contributed by atoms with E-state index in [1.165, 1.54) is 6.26 Å². The van der Waals surface area contributed by atoms with Gasteiger partial charge in [-0.25, -0.2) is 4.98 Å². The summed E-state index contributed by atoms with van der Waals surface area (Å²) in [6.07, 6.45) is 1.59. The van der Waals surface area contributed by atoms with Crippen molar-refractivity contribution >= 4 is 29.2 Å². The fraction of sp³-hybridized carbons (Fsp3) is 0.111. The van der Waals surface area contributed by atoms with E-state index in [0.717, 1.165) is 11.1 Å². The molecular formula is C18H13Cl2NO3. The van der Waals surface area contributed by atoms with E-state index in [2.05, 4.69) is 4.98 Å². The van der Waals surface area contributed by atoms with Gasteiger partial charge in [0.15, 0.2) is 0 Å². The molecule has 0 unspecified atom stereocenters. The molecule has 0 aliphatic carbocycles. The van der Waals surface area contributed by atoms with Crippen LogP contribution in [0.2, 0.25) is 10.0 Å². The van der Waals surface area contributed by atoms with Crippen LogP contribution in [0.15, 0.2) is 59.2 Å². The topological polar surface area (TPSA) is 52.3 Å². The molecule has 3 aromatic rings. The Morgan fingerprint density at radius 3 is 2.62 bits per heavy atom. The lowest BCUT2D eigenvalue weighted by molar-refractivity contribution is -0.144. The fourth-order valence-electron chi connectivity index (χ4n) is 2.11. The second-order valence-electron chi connectivity index (χ2n) is 5.10. The van der Waals surface area contributed by atoms with Crippen LogP contribution in [-0.2, 0) is 22.6 Å². The van der Waals surface area contributed by atoms with E-state index in [1.54, 1.807) is 18.2 Å². The number of carbonyl (C=O) groups is 1. The molecule has 1 aromatic heterocycles. The molecule has 0 saturated heterocycles. The minimum atomic E-state index is -0.377. The molecule has 0 N–H and O–H groups in total. The molecule has 0 fully saturated rings. The number of carbonyl (C=O) groups excluding carboxylic acids is 1. The summed E-state index contributed by atoms with van der Waals surface area (Å²) < 4.78 is 10.6. The van der Waals surface area contributed by atoms with Gasteiger partial charge < -0.3 is 9.15 Å². The first kappa shape index (κ1) is 16.6. The normalized spacial score (nSPS) is 10.6. The van der Waals surface area contributed by atoms with Gasteiger partial charge >= 0.3 is 5.97 Å². The summed E-state index contributed by atoms with van der Waals surface area (Å²) in [6.45, 7) is 0.0521. The highest BCUT2D eigenvalue weighted by Gasteiger charge is 2.10. The zero-order valence-electron chi connectivity index (χ0n) is 12.5. The molecule has 0 aliphatic heterocycles. The summed E-state index contributed by atoms with van der Waals surface area (Å²) in [4.78, 5) is 16.2. The molecule has 0 bridgehead atoms. The first-order chi connectivity index (χ1) is 11.6. The van der Waals surface area contributed by atoms with Gasteiger partial charge in [-0.2, -0.15) is 0 Å². The molecule has 4 nitrogen and oxygen atoms in total. The third-order valence-electron chi connectivity index (χ3n) is 3.29. The van der Waals surface area contributed by atoms with Gasteiger partial charge in [-0.05, 0) is 29.8 Å². The highest BCUT2D eigenvalue weighted by atomic mass is 35.5. The summed E-state index contributed by atoms with van der Waals surface area (Å²) in [5.74, 6) is 0.115. The van der Waals surface area contributed by atoms with E-state index < -0.39 is 0 Å². The van der Waals surface area contributed by atoms with Crippen LogP contribution < -0.4 is 0 Å². The number of oxazole rings is 1. The number of nitrogens with zero attached hydrogens (tertiary/aromatic N) is 1. The lowest BCUT2D eigenvalue weighted by Crippen LogP contribution is -2.08. The van der Waals surface area contributed by atoms with E-state index in [9.17, 15) is 4.79 Å². The fourth-order valence-corrected chi connectivity index (χ4v) is 2.43. The molecule has 0 atom stereocenters. The maximum absolute atomic E-state index is 11.9. The quantitative estimate of drug-likeness (QED) is 0.604. The third kappa shape index (κ3) is 4.16. The zero-order chi connectivity index (χ0) is 16.9. The first-order valence-corrected chi connectivity index (χ1v) is 7.97. The van der Waals surface area contributed by atoms with Crippen molar-refractivity contribution in [3.8, 4) is 11.5 Å². The van der Waals surface area contributed by atoms with Crippen LogP contribution in [0.5, 0.6) is 0 Å². The van der Waals surface area contributed by atoms with Gasteiger partial charge in [-0.15, -0.1) is 0 Å². The van der Waals surface area contributed by atoms with Crippen molar-refractivity contribution < 1.29 is 13.9 Å². The second kappa shape index (κ2) is 7.51. The highest BCUT2D eigenvalue weighted by molar-refractivity contribution is 6.42. The average molecular weight is 362 g/mol. The standard InChI is InChI=1S/C18H13Cl2NO3/c19-15-7-6-12(8-16(15)20)9-17(22)23-10-14-11-24-18(21-14)13-4-2-1-3-5-13/h1-8,11H,9-10H2. The summed E-state index contributed by atoms with van der Waals surface area (Å²) in [5, 5.41) is 0.857. The summed E-state index contributed by atoms with van der Waals surface area (Å²) in [7, 11) is 0. The van der Waals surface area contributed by atoms with Crippen molar-refractivity contribution in [1.82, 2.24) is 4.98 Å². The summed E-state index contributed by atoms with van der Waals surface area (Å²) >= 11 is 11.8. The Kier molecular flexibility index (Phi) is 5.18. The van der Waals surface area contributed by atoms with Crippen molar-refractivity contribution in [2.45, 2.75) is 13.0 Å². The maximum Gasteiger partial charge on any atom is 0.310 e. The van der Waals surface area contributed by atoms with Gasteiger partial charge in [0, 0.05) is 5.56 Å². The predicted octanol–water partition coefficient (Wildman–Crippen LogP) is 4.93. The number of hydrogen-bond acceptors (Lipinski definition) is 4. The van der Waals surface area contributed by atoms with E-state index >= 15 is 0 Å². The molecule has 1 heterocycles. The number of esters is 1. The number of benzene rings is 2. The number of rotatable bonds is 5. The highest BCUT2D eigenvalue weighted by Crippen LogP contribution is 2.23. The lowest BCUT2D eigenvalue weighted by atomic mass is 10.1. The number of halogens is 2. The predicted molar refractivity (Wildman–Crippen MR) is 91.9 cm³/mol. The SMILES string of the molecule is O=C(Cc1ccc(Cl)c(Cl)c1)OCc1coc(-c2ccccc2)n1. The second-order valence-corrected chi connectivity index (χ2v) is 5.91. The molecule has 24 heavy (non-hydrogen) atoms. The average Bonchev–Trinajstić information content (AvgIpc) is 3.06. The van der Waals surface area contributed by atoms with Gasteiger partial charge in [0.05, 0.1) is 16.5 Å². The van der Waals surface area contributed by atoms with Crippen LogP contribution in [0.25, 0.3) is 11.5 Å². The zero-order valence-corrected chi connectivity index (χ0v) is 14.1. The number of aromatic nitrogens is 1. The first-order valence-electron chi connectivity index (χ1n) is 7.21. The molecule has 0 saturated carbocycles. The van der Waals surface area contributed by atoms with Crippen molar-refractivity contribution in [2.75, 3.05) is 0 Å². The molecular weight excluding hydrogens is 349 g/mol. The summed E-state index contributed by atoms with van der Waals surface area (Å²) in [5.41, 5.74) is 2.15. The lowest BCUT2D eigenvalue weighted by Gasteiger charge is -2.04. The molecule has 122 valence electrons. The third-order valence-corrected chi connectivity index (χ3v) is 4.03. The Morgan fingerprint density at radius 2 is 1.88 bits per heavy atom. The Balaban J connectivity index is 1.56. The van der Waals surface area contributed by atoms with Crippen LogP contribution in [0.4, 0.5) is 0 Å². The minimum Gasteiger partial charge on any atom is -0.459 e. The van der Waals surface area contributed by atoms with Crippen LogP contribution >= 0.6 is 23.2 Å². The minimum absolute atomic E-state index is 0.0521. The van der Waals surface area contributed by atoms with Gasteiger partial charge in [-0.1, -0.05) is 47.5 Å².